The average molecular weight is 259 g/mol. The molecular formula is C15H21N3O. The average Bonchev–Trinajstić information content (AvgIpc) is 2.78. The van der Waals surface area contributed by atoms with Gasteiger partial charge in [0.2, 0.25) is 0 Å². The first kappa shape index (κ1) is 12.6. The van der Waals surface area contributed by atoms with Crippen molar-refractivity contribution in [2.24, 2.45) is 0 Å². The summed E-state index contributed by atoms with van der Waals surface area (Å²) in [7, 11) is 0. The molecule has 1 aromatic heterocycles. The number of carbonyl (C=O) groups excluding carboxylic acids is 1. The molecule has 3 heterocycles. The molecule has 1 saturated heterocycles. The Balaban J connectivity index is 1.80. The Kier molecular flexibility index (Phi) is 3.78. The molecule has 2 aliphatic rings. The van der Waals surface area contributed by atoms with E-state index in [2.05, 4.69) is 22.3 Å². The Morgan fingerprint density at radius 2 is 1.95 bits per heavy atom. The molecule has 0 bridgehead atoms. The molecule has 0 unspecified atom stereocenters. The van der Waals surface area contributed by atoms with E-state index in [1.54, 1.807) is 0 Å². The molecule has 0 aliphatic carbocycles. The third kappa shape index (κ3) is 2.95. The van der Waals surface area contributed by atoms with Crippen LogP contribution in [0, 0.1) is 0 Å². The van der Waals surface area contributed by atoms with E-state index in [0.29, 0.717) is 12.2 Å². The second-order valence-electron chi connectivity index (χ2n) is 5.40. The van der Waals surface area contributed by atoms with E-state index in [1.165, 1.54) is 11.3 Å². The molecule has 1 fully saturated rings. The largest absolute Gasteiger partial charge is 0.356 e. The fraction of sp³-hybridized carbons (Fsp3) is 0.600. The number of Topliss-reactive ketones (excluding diaryl/α,β-unsaturated/α-hetero) is 1. The van der Waals surface area contributed by atoms with Gasteiger partial charge in [0, 0.05) is 44.6 Å². The van der Waals surface area contributed by atoms with Crippen LogP contribution in [-0.2, 0) is 17.6 Å². The maximum Gasteiger partial charge on any atom is 0.134 e. The zero-order valence-corrected chi connectivity index (χ0v) is 11.3. The summed E-state index contributed by atoms with van der Waals surface area (Å²) in [6.45, 7) is 3.84. The SMILES string of the molecule is O=C1CCCN(c2ccc3c(n2)CCNCC3)CC1. The molecule has 19 heavy (non-hydrogen) atoms. The highest BCUT2D eigenvalue weighted by Gasteiger charge is 2.17. The molecule has 0 spiro atoms. The molecule has 4 nitrogen and oxygen atoms in total. The van der Waals surface area contributed by atoms with Crippen LogP contribution in [0.1, 0.15) is 30.5 Å². The molecule has 102 valence electrons. The Labute approximate surface area is 114 Å². The molecule has 1 N–H and O–H groups in total. The highest BCUT2D eigenvalue weighted by Crippen LogP contribution is 2.20. The van der Waals surface area contributed by atoms with Crippen LogP contribution >= 0.6 is 0 Å². The lowest BCUT2D eigenvalue weighted by molar-refractivity contribution is -0.118. The summed E-state index contributed by atoms with van der Waals surface area (Å²) < 4.78 is 0. The zero-order chi connectivity index (χ0) is 13.1. The molecule has 0 saturated carbocycles. The Morgan fingerprint density at radius 3 is 2.89 bits per heavy atom. The summed E-state index contributed by atoms with van der Waals surface area (Å²) in [5, 5.41) is 3.41. The quantitative estimate of drug-likeness (QED) is 0.826. The van der Waals surface area contributed by atoms with Gasteiger partial charge >= 0.3 is 0 Å². The lowest BCUT2D eigenvalue weighted by atomic mass is 10.1. The molecule has 1 aromatic rings. The van der Waals surface area contributed by atoms with Crippen molar-refractivity contribution in [1.29, 1.82) is 0 Å². The number of anilines is 1. The maximum absolute atomic E-state index is 11.5. The lowest BCUT2D eigenvalue weighted by Crippen LogP contribution is -2.25. The van der Waals surface area contributed by atoms with Crippen molar-refractivity contribution in [1.82, 2.24) is 10.3 Å². The van der Waals surface area contributed by atoms with Gasteiger partial charge in [-0.15, -0.1) is 0 Å². The number of aromatic nitrogens is 1. The number of carbonyl (C=O) groups is 1. The standard InChI is InChI=1S/C15H21N3O/c19-13-2-1-10-18(11-7-13)15-4-3-12-5-8-16-9-6-14(12)17-15/h3-4,16H,1-2,5-11H2. The van der Waals surface area contributed by atoms with Crippen LogP contribution in [0.5, 0.6) is 0 Å². The Bertz CT molecular complexity index is 472. The summed E-state index contributed by atoms with van der Waals surface area (Å²) in [5.41, 5.74) is 2.61. The van der Waals surface area contributed by atoms with E-state index >= 15 is 0 Å². The highest BCUT2D eigenvalue weighted by molar-refractivity contribution is 5.79. The zero-order valence-electron chi connectivity index (χ0n) is 11.3. The topological polar surface area (TPSA) is 45.2 Å². The minimum Gasteiger partial charge on any atom is -0.356 e. The number of hydrogen-bond acceptors (Lipinski definition) is 4. The number of hydrogen-bond donors (Lipinski definition) is 1. The molecule has 0 atom stereocenters. The first-order valence-electron chi connectivity index (χ1n) is 7.29. The van der Waals surface area contributed by atoms with Gasteiger partial charge in [-0.25, -0.2) is 4.98 Å². The molecule has 0 amide bonds. The van der Waals surface area contributed by atoms with Crippen LogP contribution in [0.15, 0.2) is 12.1 Å². The lowest BCUT2D eigenvalue weighted by Gasteiger charge is -2.22. The van der Waals surface area contributed by atoms with E-state index in [9.17, 15) is 4.79 Å². The van der Waals surface area contributed by atoms with Crippen LogP contribution in [0.4, 0.5) is 5.82 Å². The second-order valence-corrected chi connectivity index (χ2v) is 5.40. The first-order chi connectivity index (χ1) is 9.33. The maximum atomic E-state index is 11.5. The van der Waals surface area contributed by atoms with Gasteiger partial charge in [-0.1, -0.05) is 6.07 Å². The van der Waals surface area contributed by atoms with Gasteiger partial charge in [0.15, 0.2) is 0 Å². The second kappa shape index (κ2) is 5.70. The first-order valence-corrected chi connectivity index (χ1v) is 7.29. The van der Waals surface area contributed by atoms with E-state index in [4.69, 9.17) is 4.98 Å². The monoisotopic (exact) mass is 259 g/mol. The summed E-state index contributed by atoms with van der Waals surface area (Å²) in [4.78, 5) is 18.6. The fourth-order valence-electron chi connectivity index (χ4n) is 2.89. The fourth-order valence-corrected chi connectivity index (χ4v) is 2.89. The summed E-state index contributed by atoms with van der Waals surface area (Å²) in [6.07, 6.45) is 4.43. The number of nitrogens with zero attached hydrogens (tertiary/aromatic N) is 2. The number of pyridine rings is 1. The van der Waals surface area contributed by atoms with Crippen LogP contribution in [0.2, 0.25) is 0 Å². The summed E-state index contributed by atoms with van der Waals surface area (Å²) >= 11 is 0. The normalized spacial score (nSPS) is 20.6. The van der Waals surface area contributed by atoms with Crippen molar-refractivity contribution in [3.63, 3.8) is 0 Å². The smallest absolute Gasteiger partial charge is 0.134 e. The van der Waals surface area contributed by atoms with E-state index < -0.39 is 0 Å². The van der Waals surface area contributed by atoms with Crippen LogP contribution in [0.25, 0.3) is 0 Å². The van der Waals surface area contributed by atoms with Crippen LogP contribution in [0.3, 0.4) is 0 Å². The summed E-state index contributed by atoms with van der Waals surface area (Å²) in [5.74, 6) is 1.44. The number of fused-ring (bicyclic) bond motifs is 1. The van der Waals surface area contributed by atoms with Gasteiger partial charge in [0.1, 0.15) is 11.6 Å². The Morgan fingerprint density at radius 1 is 1.05 bits per heavy atom. The van der Waals surface area contributed by atoms with Crippen molar-refractivity contribution in [3.8, 4) is 0 Å². The van der Waals surface area contributed by atoms with Gasteiger partial charge in [-0.3, -0.25) is 4.79 Å². The van der Waals surface area contributed by atoms with Crippen molar-refractivity contribution in [2.75, 3.05) is 31.1 Å². The molecule has 2 aliphatic heterocycles. The predicted molar refractivity (Wildman–Crippen MR) is 75.6 cm³/mol. The molecular weight excluding hydrogens is 238 g/mol. The predicted octanol–water partition coefficient (Wildman–Crippen LogP) is 1.33. The minimum atomic E-state index is 0.390. The molecule has 4 heteroatoms. The van der Waals surface area contributed by atoms with Crippen LogP contribution < -0.4 is 10.2 Å². The minimum absolute atomic E-state index is 0.390. The number of ketones is 1. The van der Waals surface area contributed by atoms with E-state index in [1.807, 2.05) is 0 Å². The third-order valence-corrected chi connectivity index (χ3v) is 4.03. The van der Waals surface area contributed by atoms with Gasteiger partial charge in [-0.05, 0) is 31.0 Å². The third-order valence-electron chi connectivity index (χ3n) is 4.03. The molecule has 0 radical (unpaired) electrons. The van der Waals surface area contributed by atoms with Gasteiger partial charge in [0.05, 0.1) is 0 Å². The highest BCUT2D eigenvalue weighted by atomic mass is 16.1. The van der Waals surface area contributed by atoms with Gasteiger partial charge in [-0.2, -0.15) is 0 Å². The Hall–Kier alpha value is -1.42. The van der Waals surface area contributed by atoms with E-state index in [-0.39, 0.29) is 0 Å². The van der Waals surface area contributed by atoms with E-state index in [0.717, 1.165) is 57.7 Å². The molecule has 0 aromatic carbocycles. The summed E-state index contributed by atoms with van der Waals surface area (Å²) in [6, 6.07) is 4.34. The van der Waals surface area contributed by atoms with Gasteiger partial charge < -0.3 is 10.2 Å². The van der Waals surface area contributed by atoms with Crippen molar-refractivity contribution < 1.29 is 4.79 Å². The van der Waals surface area contributed by atoms with Crippen molar-refractivity contribution >= 4 is 11.6 Å². The number of nitrogens with one attached hydrogen (secondary N) is 1. The van der Waals surface area contributed by atoms with Gasteiger partial charge in [0.25, 0.3) is 0 Å². The number of rotatable bonds is 1. The van der Waals surface area contributed by atoms with Crippen LogP contribution in [-0.4, -0.2) is 36.9 Å². The van der Waals surface area contributed by atoms with Crippen molar-refractivity contribution in [3.05, 3.63) is 23.4 Å². The molecule has 3 rings (SSSR count). The van der Waals surface area contributed by atoms with Crippen molar-refractivity contribution in [2.45, 2.75) is 32.1 Å².